The molecule has 0 atom stereocenters. The quantitative estimate of drug-likeness (QED) is 0.747. The first-order valence-corrected chi connectivity index (χ1v) is 9.46. The molecule has 0 radical (unpaired) electrons. The number of carbonyl (C=O) groups excluding carboxylic acids is 1. The molecule has 1 heterocycles. The van der Waals surface area contributed by atoms with Crippen LogP contribution in [0.3, 0.4) is 0 Å². The number of nitrogens with zero attached hydrogens (tertiary/aromatic N) is 1. The second kappa shape index (κ2) is 9.28. The van der Waals surface area contributed by atoms with E-state index in [-0.39, 0.29) is 5.91 Å². The first kappa shape index (κ1) is 19.8. The highest BCUT2D eigenvalue weighted by Gasteiger charge is 2.16. The molecule has 0 aromatic heterocycles. The molecule has 1 fully saturated rings. The van der Waals surface area contributed by atoms with Gasteiger partial charge in [-0.2, -0.15) is 0 Å². The molecule has 1 saturated heterocycles. The molecule has 148 valence electrons. The van der Waals surface area contributed by atoms with Gasteiger partial charge in [-0.1, -0.05) is 0 Å². The van der Waals surface area contributed by atoms with Gasteiger partial charge in [0, 0.05) is 23.0 Å². The van der Waals surface area contributed by atoms with E-state index in [0.29, 0.717) is 11.5 Å². The number of benzene rings is 2. The number of likely N-dealkylation sites (N-methyl/N-ethyl adjacent to an activating group) is 1. The number of methoxy groups -OCH3 is 2. The van der Waals surface area contributed by atoms with E-state index in [1.807, 2.05) is 30.3 Å². The number of amides is 1. The Morgan fingerprint density at radius 3 is 2.43 bits per heavy atom. The molecule has 1 aliphatic rings. The lowest BCUT2D eigenvalue weighted by atomic mass is 10.1. The van der Waals surface area contributed by atoms with Gasteiger partial charge in [-0.05, 0) is 48.5 Å². The van der Waals surface area contributed by atoms with Crippen molar-refractivity contribution in [2.75, 3.05) is 57.7 Å². The number of nitrogens with one attached hydrogen (secondary N) is 2. The lowest BCUT2D eigenvalue weighted by Gasteiger charge is -2.31. The minimum Gasteiger partial charge on any atom is -0.497 e. The maximum absolute atomic E-state index is 12.3. The van der Waals surface area contributed by atoms with Crippen molar-refractivity contribution >= 4 is 23.4 Å². The summed E-state index contributed by atoms with van der Waals surface area (Å²) in [6.07, 6.45) is 3.21. The summed E-state index contributed by atoms with van der Waals surface area (Å²) in [5, 5.41) is 2.90. The van der Waals surface area contributed by atoms with Crippen LogP contribution < -0.4 is 24.6 Å². The van der Waals surface area contributed by atoms with Crippen LogP contribution >= 0.6 is 0 Å². The van der Waals surface area contributed by atoms with Crippen LogP contribution in [-0.4, -0.2) is 53.4 Å². The summed E-state index contributed by atoms with van der Waals surface area (Å²) >= 11 is 0. The predicted molar refractivity (Wildman–Crippen MR) is 112 cm³/mol. The number of rotatable bonds is 6. The molecule has 6 heteroatoms. The zero-order valence-corrected chi connectivity index (χ0v) is 16.7. The number of piperazine rings is 1. The van der Waals surface area contributed by atoms with Gasteiger partial charge in [0.2, 0.25) is 5.91 Å². The number of anilines is 2. The van der Waals surface area contributed by atoms with Crippen molar-refractivity contribution in [3.05, 3.63) is 54.1 Å². The van der Waals surface area contributed by atoms with E-state index in [2.05, 4.69) is 29.4 Å². The minimum atomic E-state index is -0.194. The number of quaternary nitrogens is 1. The fraction of sp³-hybridized carbons (Fsp3) is 0.318. The lowest BCUT2D eigenvalue weighted by molar-refractivity contribution is -0.880. The normalized spacial score (nSPS) is 14.9. The van der Waals surface area contributed by atoms with Crippen molar-refractivity contribution in [1.82, 2.24) is 0 Å². The highest BCUT2D eigenvalue weighted by Crippen LogP contribution is 2.25. The van der Waals surface area contributed by atoms with Gasteiger partial charge in [-0.3, -0.25) is 4.79 Å². The molecule has 0 saturated carbocycles. The van der Waals surface area contributed by atoms with Gasteiger partial charge in [-0.15, -0.1) is 0 Å². The summed E-state index contributed by atoms with van der Waals surface area (Å²) in [6.45, 7) is 4.42. The number of carbonyl (C=O) groups is 1. The third kappa shape index (κ3) is 5.04. The number of ether oxygens (including phenoxy) is 2. The summed E-state index contributed by atoms with van der Waals surface area (Å²) < 4.78 is 10.6. The van der Waals surface area contributed by atoms with Crippen molar-refractivity contribution in [3.8, 4) is 11.5 Å². The maximum Gasteiger partial charge on any atom is 0.248 e. The molecular formula is C22H28N3O3+. The van der Waals surface area contributed by atoms with E-state index < -0.39 is 0 Å². The second-order valence-electron chi connectivity index (χ2n) is 6.92. The molecule has 0 spiro atoms. The molecule has 0 unspecified atom stereocenters. The van der Waals surface area contributed by atoms with Gasteiger partial charge in [0.25, 0.3) is 0 Å². The molecular weight excluding hydrogens is 354 g/mol. The Bertz CT molecular complexity index is 825. The van der Waals surface area contributed by atoms with Crippen LogP contribution in [0, 0.1) is 0 Å². The molecule has 2 aromatic rings. The zero-order valence-electron chi connectivity index (χ0n) is 16.7. The Hall–Kier alpha value is -2.99. The third-order valence-corrected chi connectivity index (χ3v) is 4.97. The standard InChI is InChI=1S/C22H27N3O3/c1-24-12-14-25(15-13-24)19-7-5-18(6-8-19)23-22(26)11-4-17-16-20(27-2)9-10-21(17)28-3/h4-11,16H,12-15H2,1-3H3,(H,23,26)/p+1/b11-4+. The fourth-order valence-electron chi connectivity index (χ4n) is 3.22. The minimum absolute atomic E-state index is 0.194. The molecule has 1 amide bonds. The van der Waals surface area contributed by atoms with Crippen LogP contribution in [0.25, 0.3) is 6.08 Å². The molecule has 6 nitrogen and oxygen atoms in total. The first-order valence-electron chi connectivity index (χ1n) is 9.46. The number of hydrogen-bond acceptors (Lipinski definition) is 4. The van der Waals surface area contributed by atoms with E-state index >= 15 is 0 Å². The van der Waals surface area contributed by atoms with E-state index in [4.69, 9.17) is 9.47 Å². The van der Waals surface area contributed by atoms with E-state index in [1.54, 1.807) is 25.2 Å². The summed E-state index contributed by atoms with van der Waals surface area (Å²) in [6, 6.07) is 13.5. The first-order chi connectivity index (χ1) is 13.6. The van der Waals surface area contributed by atoms with E-state index in [1.165, 1.54) is 11.8 Å². The Balaban J connectivity index is 1.61. The van der Waals surface area contributed by atoms with Crippen LogP contribution in [-0.2, 0) is 4.79 Å². The highest BCUT2D eigenvalue weighted by atomic mass is 16.5. The van der Waals surface area contributed by atoms with Gasteiger partial charge in [0.15, 0.2) is 0 Å². The average molecular weight is 382 g/mol. The van der Waals surface area contributed by atoms with Crippen molar-refractivity contribution in [3.63, 3.8) is 0 Å². The summed E-state index contributed by atoms with van der Waals surface area (Å²) in [5.41, 5.74) is 2.75. The lowest BCUT2D eigenvalue weighted by Crippen LogP contribution is -3.12. The van der Waals surface area contributed by atoms with Crippen molar-refractivity contribution < 1.29 is 19.2 Å². The molecule has 2 N–H and O–H groups in total. The molecule has 1 aliphatic heterocycles. The number of hydrogen-bond donors (Lipinski definition) is 2. The smallest absolute Gasteiger partial charge is 0.248 e. The van der Waals surface area contributed by atoms with Gasteiger partial charge in [0.05, 0.1) is 47.4 Å². The highest BCUT2D eigenvalue weighted by molar-refractivity contribution is 6.02. The Kier molecular flexibility index (Phi) is 6.55. The van der Waals surface area contributed by atoms with E-state index in [0.717, 1.165) is 37.4 Å². The fourth-order valence-corrected chi connectivity index (χ4v) is 3.22. The summed E-state index contributed by atoms with van der Waals surface area (Å²) in [4.78, 5) is 16.2. The topological polar surface area (TPSA) is 55.2 Å². The van der Waals surface area contributed by atoms with Crippen LogP contribution in [0.1, 0.15) is 5.56 Å². The monoisotopic (exact) mass is 382 g/mol. The van der Waals surface area contributed by atoms with Gasteiger partial charge >= 0.3 is 0 Å². The molecule has 3 rings (SSSR count). The van der Waals surface area contributed by atoms with Crippen LogP contribution in [0.15, 0.2) is 48.5 Å². The molecule has 28 heavy (non-hydrogen) atoms. The van der Waals surface area contributed by atoms with Gasteiger partial charge < -0.3 is 24.6 Å². The SMILES string of the molecule is COc1ccc(OC)c(/C=C/C(=O)Nc2ccc(N3CC[NH+](C)CC3)cc2)c1. The zero-order chi connectivity index (χ0) is 19.9. The van der Waals surface area contributed by atoms with Gasteiger partial charge in [-0.25, -0.2) is 0 Å². The van der Waals surface area contributed by atoms with Crippen molar-refractivity contribution in [1.29, 1.82) is 0 Å². The van der Waals surface area contributed by atoms with Crippen LogP contribution in [0.4, 0.5) is 11.4 Å². The van der Waals surface area contributed by atoms with Crippen molar-refractivity contribution in [2.24, 2.45) is 0 Å². The predicted octanol–water partition coefficient (Wildman–Crippen LogP) is 1.69. The van der Waals surface area contributed by atoms with Crippen molar-refractivity contribution in [2.45, 2.75) is 0 Å². The Morgan fingerprint density at radius 1 is 1.07 bits per heavy atom. The van der Waals surface area contributed by atoms with Crippen LogP contribution in [0.5, 0.6) is 11.5 Å². The Labute approximate surface area is 166 Å². The summed E-state index contributed by atoms with van der Waals surface area (Å²) in [5.74, 6) is 1.20. The van der Waals surface area contributed by atoms with Gasteiger partial charge in [0.1, 0.15) is 11.5 Å². The molecule has 0 bridgehead atoms. The summed E-state index contributed by atoms with van der Waals surface area (Å²) in [7, 11) is 5.43. The Morgan fingerprint density at radius 2 is 1.79 bits per heavy atom. The average Bonchev–Trinajstić information content (AvgIpc) is 2.73. The third-order valence-electron chi connectivity index (χ3n) is 4.97. The van der Waals surface area contributed by atoms with Crippen LogP contribution in [0.2, 0.25) is 0 Å². The molecule has 0 aliphatic carbocycles. The molecule has 2 aromatic carbocycles. The maximum atomic E-state index is 12.3. The largest absolute Gasteiger partial charge is 0.497 e. The van der Waals surface area contributed by atoms with E-state index in [9.17, 15) is 4.79 Å². The second-order valence-corrected chi connectivity index (χ2v) is 6.92.